The van der Waals surface area contributed by atoms with Gasteiger partial charge in [0.1, 0.15) is 17.8 Å². The highest BCUT2D eigenvalue weighted by molar-refractivity contribution is 5.95. The number of pyridine rings is 1. The normalized spacial score (nSPS) is 10.2. The van der Waals surface area contributed by atoms with Crippen LogP contribution in [0.1, 0.15) is 21.5 Å². The minimum absolute atomic E-state index is 0.264. The highest BCUT2D eigenvalue weighted by atomic mass is 16.2. The third-order valence-corrected chi connectivity index (χ3v) is 3.65. The fourth-order valence-electron chi connectivity index (χ4n) is 2.21. The van der Waals surface area contributed by atoms with E-state index in [9.17, 15) is 4.79 Å². The van der Waals surface area contributed by atoms with Gasteiger partial charge in [-0.2, -0.15) is 0 Å². The molecule has 3 aromatic rings. The van der Waals surface area contributed by atoms with Crippen LogP contribution in [0.15, 0.2) is 48.9 Å². The van der Waals surface area contributed by atoms with Gasteiger partial charge >= 0.3 is 0 Å². The number of anilines is 4. The summed E-state index contributed by atoms with van der Waals surface area (Å²) < 4.78 is 0. The van der Waals surface area contributed by atoms with E-state index in [4.69, 9.17) is 5.73 Å². The molecule has 0 bridgehead atoms. The maximum absolute atomic E-state index is 12.2. The van der Waals surface area contributed by atoms with Crippen molar-refractivity contribution in [3.8, 4) is 0 Å². The second-order valence-corrected chi connectivity index (χ2v) is 5.77. The monoisotopic (exact) mass is 349 g/mol. The van der Waals surface area contributed by atoms with Crippen molar-refractivity contribution >= 4 is 29.0 Å². The number of hydrazine groups is 1. The predicted molar refractivity (Wildman–Crippen MR) is 101 cm³/mol. The largest absolute Gasteiger partial charge is 0.393 e. The first-order valence-corrected chi connectivity index (χ1v) is 7.96. The maximum atomic E-state index is 12.2. The van der Waals surface area contributed by atoms with Gasteiger partial charge in [0.2, 0.25) is 0 Å². The Morgan fingerprint density at radius 1 is 0.962 bits per heavy atom. The van der Waals surface area contributed by atoms with E-state index in [1.165, 1.54) is 6.33 Å². The first-order valence-electron chi connectivity index (χ1n) is 7.96. The number of amides is 1. The molecule has 0 aliphatic rings. The molecular formula is C18H19N7O. The number of carbonyl (C=O) groups is 1. The Balaban J connectivity index is 1.70. The molecule has 5 N–H and O–H groups in total. The molecule has 0 saturated carbocycles. The van der Waals surface area contributed by atoms with E-state index in [2.05, 4.69) is 31.1 Å². The highest BCUT2D eigenvalue weighted by Gasteiger charge is 2.11. The molecule has 0 aliphatic carbocycles. The molecule has 1 amide bonds. The van der Waals surface area contributed by atoms with Crippen molar-refractivity contribution in [3.05, 3.63) is 65.6 Å². The van der Waals surface area contributed by atoms with Gasteiger partial charge in [-0.25, -0.2) is 15.0 Å². The SMILES string of the molecule is Cc1ccc(C(=O)NNc2ncnc(Nc3cc(C)ccn3)c2N)cc1. The summed E-state index contributed by atoms with van der Waals surface area (Å²) in [5, 5.41) is 3.04. The van der Waals surface area contributed by atoms with Gasteiger partial charge in [0, 0.05) is 11.8 Å². The molecule has 2 aromatic heterocycles. The molecule has 0 saturated heterocycles. The molecule has 0 unspecified atom stereocenters. The van der Waals surface area contributed by atoms with Crippen molar-refractivity contribution in [2.24, 2.45) is 0 Å². The Hall–Kier alpha value is -3.68. The van der Waals surface area contributed by atoms with Gasteiger partial charge in [0.15, 0.2) is 11.6 Å². The van der Waals surface area contributed by atoms with Crippen LogP contribution in [0, 0.1) is 13.8 Å². The summed E-state index contributed by atoms with van der Waals surface area (Å²) in [5.41, 5.74) is 14.3. The molecule has 0 radical (unpaired) electrons. The van der Waals surface area contributed by atoms with Gasteiger partial charge in [-0.1, -0.05) is 17.7 Å². The number of benzene rings is 1. The molecule has 0 atom stereocenters. The molecule has 3 rings (SSSR count). The number of nitrogens with one attached hydrogen (secondary N) is 3. The molecular weight excluding hydrogens is 330 g/mol. The maximum Gasteiger partial charge on any atom is 0.269 e. The van der Waals surface area contributed by atoms with Crippen LogP contribution in [0.2, 0.25) is 0 Å². The highest BCUT2D eigenvalue weighted by Crippen LogP contribution is 2.24. The third-order valence-electron chi connectivity index (χ3n) is 3.65. The van der Waals surface area contributed by atoms with Crippen molar-refractivity contribution in [1.82, 2.24) is 20.4 Å². The number of carbonyl (C=O) groups excluding carboxylic acids is 1. The van der Waals surface area contributed by atoms with Crippen molar-refractivity contribution in [3.63, 3.8) is 0 Å². The number of hydrogen-bond donors (Lipinski definition) is 4. The van der Waals surface area contributed by atoms with E-state index in [0.717, 1.165) is 11.1 Å². The van der Waals surface area contributed by atoms with Crippen molar-refractivity contribution in [1.29, 1.82) is 0 Å². The van der Waals surface area contributed by atoms with Crippen LogP contribution in [-0.2, 0) is 0 Å². The Bertz CT molecular complexity index is 925. The molecule has 26 heavy (non-hydrogen) atoms. The van der Waals surface area contributed by atoms with E-state index < -0.39 is 0 Å². The van der Waals surface area contributed by atoms with Crippen LogP contribution in [0.5, 0.6) is 0 Å². The lowest BCUT2D eigenvalue weighted by atomic mass is 10.1. The quantitative estimate of drug-likeness (QED) is 0.523. The van der Waals surface area contributed by atoms with Crippen LogP contribution in [0.3, 0.4) is 0 Å². The predicted octanol–water partition coefficient (Wildman–Crippen LogP) is 2.57. The number of nitrogen functional groups attached to an aromatic ring is 1. The zero-order chi connectivity index (χ0) is 18.5. The molecule has 1 aromatic carbocycles. The number of hydrogen-bond acceptors (Lipinski definition) is 7. The molecule has 8 nitrogen and oxygen atoms in total. The Kier molecular flexibility index (Phi) is 4.93. The number of aryl methyl sites for hydroxylation is 2. The van der Waals surface area contributed by atoms with Crippen molar-refractivity contribution in [2.75, 3.05) is 16.5 Å². The summed E-state index contributed by atoms with van der Waals surface area (Å²) in [7, 11) is 0. The smallest absolute Gasteiger partial charge is 0.269 e. The number of nitrogens with zero attached hydrogens (tertiary/aromatic N) is 3. The second kappa shape index (κ2) is 7.47. The Labute approximate surface area is 150 Å². The lowest BCUT2D eigenvalue weighted by molar-refractivity contribution is 0.0962. The number of rotatable bonds is 5. The lowest BCUT2D eigenvalue weighted by Gasteiger charge is -2.13. The fraction of sp³-hybridized carbons (Fsp3) is 0.111. The van der Waals surface area contributed by atoms with Gasteiger partial charge in [-0.3, -0.25) is 15.6 Å². The van der Waals surface area contributed by atoms with Crippen LogP contribution >= 0.6 is 0 Å². The van der Waals surface area contributed by atoms with E-state index in [1.807, 2.05) is 38.1 Å². The number of aromatic nitrogens is 3. The van der Waals surface area contributed by atoms with E-state index >= 15 is 0 Å². The van der Waals surface area contributed by atoms with Crippen molar-refractivity contribution < 1.29 is 4.79 Å². The summed E-state index contributed by atoms with van der Waals surface area (Å²) in [4.78, 5) is 24.6. The van der Waals surface area contributed by atoms with Gasteiger partial charge in [0.05, 0.1) is 0 Å². The molecule has 0 fully saturated rings. The van der Waals surface area contributed by atoms with Gasteiger partial charge in [-0.05, 0) is 43.7 Å². The number of nitrogens with two attached hydrogens (primary N) is 1. The fourth-order valence-corrected chi connectivity index (χ4v) is 2.21. The van der Waals surface area contributed by atoms with E-state index in [0.29, 0.717) is 17.2 Å². The molecule has 0 aliphatic heterocycles. The van der Waals surface area contributed by atoms with Gasteiger partial charge < -0.3 is 11.1 Å². The summed E-state index contributed by atoms with van der Waals surface area (Å²) in [6, 6.07) is 11.0. The summed E-state index contributed by atoms with van der Waals surface area (Å²) in [6.45, 7) is 3.92. The van der Waals surface area contributed by atoms with Crippen molar-refractivity contribution in [2.45, 2.75) is 13.8 Å². The average Bonchev–Trinajstić information content (AvgIpc) is 2.63. The van der Waals surface area contributed by atoms with Crippen LogP contribution in [0.25, 0.3) is 0 Å². The van der Waals surface area contributed by atoms with Gasteiger partial charge in [-0.15, -0.1) is 0 Å². The minimum Gasteiger partial charge on any atom is -0.393 e. The lowest BCUT2D eigenvalue weighted by Crippen LogP contribution is -2.30. The zero-order valence-electron chi connectivity index (χ0n) is 14.4. The summed E-state index contributed by atoms with van der Waals surface area (Å²) in [6.07, 6.45) is 3.03. The van der Waals surface area contributed by atoms with E-state index in [-0.39, 0.29) is 17.4 Å². The average molecular weight is 349 g/mol. The summed E-state index contributed by atoms with van der Waals surface area (Å²) >= 11 is 0. The summed E-state index contributed by atoms with van der Waals surface area (Å²) in [5.74, 6) is 1.00. The zero-order valence-corrected chi connectivity index (χ0v) is 14.4. The van der Waals surface area contributed by atoms with Gasteiger partial charge in [0.25, 0.3) is 5.91 Å². The Morgan fingerprint density at radius 2 is 1.69 bits per heavy atom. The standard InChI is InChI=1S/C18H19N7O/c1-11-3-5-13(6-4-11)18(26)25-24-17-15(19)16(21-10-22-17)23-14-9-12(2)7-8-20-14/h3-10H,19H2,1-2H3,(H,25,26)(H2,20,21,22,23,24). The topological polar surface area (TPSA) is 118 Å². The molecule has 2 heterocycles. The second-order valence-electron chi connectivity index (χ2n) is 5.77. The first kappa shape index (κ1) is 17.2. The minimum atomic E-state index is -0.294. The molecule has 0 spiro atoms. The Morgan fingerprint density at radius 3 is 2.42 bits per heavy atom. The molecule has 8 heteroatoms. The van der Waals surface area contributed by atoms with Crippen LogP contribution in [0.4, 0.5) is 23.1 Å². The third kappa shape index (κ3) is 4.04. The van der Waals surface area contributed by atoms with Crippen LogP contribution < -0.4 is 21.9 Å². The van der Waals surface area contributed by atoms with E-state index in [1.54, 1.807) is 18.3 Å². The van der Waals surface area contributed by atoms with Crippen LogP contribution in [-0.4, -0.2) is 20.9 Å². The first-order chi connectivity index (χ1) is 12.5. The molecule has 132 valence electrons.